The highest BCUT2D eigenvalue weighted by Gasteiger charge is 2.38. The fourth-order valence-electron chi connectivity index (χ4n) is 2.89. The van der Waals surface area contributed by atoms with E-state index in [0.717, 1.165) is 5.56 Å². The monoisotopic (exact) mass is 339 g/mol. The Kier molecular flexibility index (Phi) is 4.03. The van der Waals surface area contributed by atoms with Crippen LogP contribution in [0.1, 0.15) is 42.3 Å². The first-order chi connectivity index (χ1) is 11.8. The molecule has 0 fully saturated rings. The van der Waals surface area contributed by atoms with Crippen LogP contribution >= 0.6 is 0 Å². The molecule has 2 aromatic rings. The standard InChI is InChI=1S/C20H21NO4/c1-20(2,3)13-6-7-17-16(10-13)19(22)18(21(17)23)12-8-14(24-4)11-15(9-12)25-5/h6-11H,1-5H3. The second-order valence-electron chi connectivity index (χ2n) is 7.06. The molecule has 1 aliphatic rings. The van der Waals surface area contributed by atoms with Crippen molar-refractivity contribution in [1.82, 2.24) is 0 Å². The van der Waals surface area contributed by atoms with E-state index in [0.29, 0.717) is 33.1 Å². The van der Waals surface area contributed by atoms with E-state index in [1.807, 2.05) is 12.1 Å². The Morgan fingerprint density at radius 1 is 0.960 bits per heavy atom. The Bertz CT molecular complexity index is 869. The van der Waals surface area contributed by atoms with Crippen molar-refractivity contribution in [2.75, 3.05) is 14.2 Å². The second-order valence-corrected chi connectivity index (χ2v) is 7.06. The third kappa shape index (κ3) is 2.86. The third-order valence-corrected chi connectivity index (χ3v) is 4.37. The zero-order valence-corrected chi connectivity index (χ0v) is 15.0. The predicted octanol–water partition coefficient (Wildman–Crippen LogP) is 3.83. The number of rotatable bonds is 3. The summed E-state index contributed by atoms with van der Waals surface area (Å²) in [5, 5.41) is 12.7. The Morgan fingerprint density at radius 3 is 2.08 bits per heavy atom. The number of ketones is 1. The van der Waals surface area contributed by atoms with Crippen molar-refractivity contribution < 1.29 is 19.0 Å². The van der Waals surface area contributed by atoms with Gasteiger partial charge < -0.3 is 14.7 Å². The van der Waals surface area contributed by atoms with Gasteiger partial charge in [0.1, 0.15) is 17.1 Å². The van der Waals surface area contributed by atoms with Gasteiger partial charge in [-0.25, -0.2) is 0 Å². The summed E-state index contributed by atoms with van der Waals surface area (Å²) in [6, 6.07) is 10.4. The number of ether oxygens (including phenoxy) is 2. The highest BCUT2D eigenvalue weighted by atomic mass is 16.5. The van der Waals surface area contributed by atoms with Gasteiger partial charge in [0.15, 0.2) is 0 Å². The summed E-state index contributed by atoms with van der Waals surface area (Å²) in [6.07, 6.45) is 0. The Balaban J connectivity index is 2.13. The van der Waals surface area contributed by atoms with Gasteiger partial charge in [0, 0.05) is 12.1 Å². The zero-order chi connectivity index (χ0) is 18.4. The number of nitrogens with zero attached hydrogens (tertiary/aromatic N) is 1. The first-order valence-corrected chi connectivity index (χ1v) is 8.03. The average molecular weight is 339 g/mol. The van der Waals surface area contributed by atoms with E-state index >= 15 is 0 Å². The highest BCUT2D eigenvalue weighted by molar-refractivity contribution is 6.52. The summed E-state index contributed by atoms with van der Waals surface area (Å²) >= 11 is 0. The number of hydrogen-bond acceptors (Lipinski definition) is 4. The van der Waals surface area contributed by atoms with Crippen molar-refractivity contribution in [3.63, 3.8) is 0 Å². The minimum Gasteiger partial charge on any atom is -0.618 e. The van der Waals surface area contributed by atoms with E-state index in [-0.39, 0.29) is 16.9 Å². The molecule has 1 aliphatic heterocycles. The molecular formula is C20H21NO4. The van der Waals surface area contributed by atoms with E-state index in [1.165, 1.54) is 14.2 Å². The molecule has 0 spiro atoms. The molecule has 0 aromatic heterocycles. The zero-order valence-electron chi connectivity index (χ0n) is 15.0. The highest BCUT2D eigenvalue weighted by Crippen LogP contribution is 2.34. The Morgan fingerprint density at radius 2 is 1.56 bits per heavy atom. The normalized spacial score (nSPS) is 13.9. The number of fused-ring (bicyclic) bond motifs is 1. The van der Waals surface area contributed by atoms with Gasteiger partial charge in [-0.15, -0.1) is 0 Å². The number of benzene rings is 2. The molecule has 3 rings (SSSR count). The van der Waals surface area contributed by atoms with Gasteiger partial charge in [-0.2, -0.15) is 4.74 Å². The molecule has 1 heterocycles. The lowest BCUT2D eigenvalue weighted by molar-refractivity contribution is -0.355. The Labute approximate surface area is 147 Å². The molecule has 25 heavy (non-hydrogen) atoms. The van der Waals surface area contributed by atoms with Crippen LogP contribution in [0.15, 0.2) is 36.4 Å². The fraction of sp³-hybridized carbons (Fsp3) is 0.300. The fourth-order valence-corrected chi connectivity index (χ4v) is 2.89. The van der Waals surface area contributed by atoms with Gasteiger partial charge in [-0.05, 0) is 29.2 Å². The van der Waals surface area contributed by atoms with Crippen molar-refractivity contribution >= 4 is 17.2 Å². The second kappa shape index (κ2) is 5.92. The van der Waals surface area contributed by atoms with Crippen LogP contribution in [0, 0.1) is 5.21 Å². The smallest absolute Gasteiger partial charge is 0.273 e. The maximum Gasteiger partial charge on any atom is 0.273 e. The molecule has 0 atom stereocenters. The minimum atomic E-state index is -0.286. The van der Waals surface area contributed by atoms with E-state index in [9.17, 15) is 10.0 Å². The van der Waals surface area contributed by atoms with Crippen LogP contribution in [-0.2, 0) is 5.41 Å². The average Bonchev–Trinajstić information content (AvgIpc) is 2.84. The summed E-state index contributed by atoms with van der Waals surface area (Å²) in [5.74, 6) is 0.759. The topological polar surface area (TPSA) is 61.6 Å². The van der Waals surface area contributed by atoms with Gasteiger partial charge in [-0.1, -0.05) is 26.8 Å². The van der Waals surface area contributed by atoms with Gasteiger partial charge in [0.25, 0.3) is 11.5 Å². The van der Waals surface area contributed by atoms with Crippen LogP contribution in [-0.4, -0.2) is 30.5 Å². The molecule has 130 valence electrons. The van der Waals surface area contributed by atoms with E-state index < -0.39 is 0 Å². The van der Waals surface area contributed by atoms with Crippen LogP contribution < -0.4 is 9.47 Å². The summed E-state index contributed by atoms with van der Waals surface area (Å²) < 4.78 is 11.2. The molecule has 0 aliphatic carbocycles. The summed E-state index contributed by atoms with van der Waals surface area (Å²) in [4.78, 5) is 12.9. The lowest BCUT2D eigenvalue weighted by Gasteiger charge is -2.19. The van der Waals surface area contributed by atoms with Crippen LogP contribution in [0.3, 0.4) is 0 Å². The third-order valence-electron chi connectivity index (χ3n) is 4.37. The number of methoxy groups -OCH3 is 2. The molecule has 2 aromatic carbocycles. The number of carbonyl (C=O) groups excluding carboxylic acids is 1. The van der Waals surface area contributed by atoms with Crippen LogP contribution in [0.25, 0.3) is 0 Å². The first-order valence-electron chi connectivity index (χ1n) is 8.03. The largest absolute Gasteiger partial charge is 0.618 e. The minimum absolute atomic E-state index is 0.0817. The van der Waals surface area contributed by atoms with Crippen molar-refractivity contribution in [2.45, 2.75) is 26.2 Å². The molecule has 0 saturated heterocycles. The van der Waals surface area contributed by atoms with Crippen LogP contribution in [0.2, 0.25) is 0 Å². The van der Waals surface area contributed by atoms with Crippen molar-refractivity contribution in [2.24, 2.45) is 0 Å². The predicted molar refractivity (Wildman–Crippen MR) is 96.4 cm³/mol. The SMILES string of the molecule is COc1cc(OC)cc(C2=[N+]([O-])c3ccc(C(C)(C)C)cc3C2=O)c1. The van der Waals surface area contributed by atoms with Crippen molar-refractivity contribution in [3.8, 4) is 11.5 Å². The molecule has 0 N–H and O–H groups in total. The molecule has 0 bridgehead atoms. The maximum atomic E-state index is 12.9. The van der Waals surface area contributed by atoms with Gasteiger partial charge in [0.05, 0.1) is 19.8 Å². The molecular weight excluding hydrogens is 318 g/mol. The summed E-state index contributed by atoms with van der Waals surface area (Å²) in [5.41, 5.74) is 2.26. The quantitative estimate of drug-likeness (QED) is 0.630. The molecule has 5 heteroatoms. The lowest BCUT2D eigenvalue weighted by atomic mass is 9.85. The van der Waals surface area contributed by atoms with E-state index in [2.05, 4.69) is 20.8 Å². The summed E-state index contributed by atoms with van der Waals surface area (Å²) in [6.45, 7) is 6.21. The van der Waals surface area contributed by atoms with E-state index in [4.69, 9.17) is 9.47 Å². The van der Waals surface area contributed by atoms with Crippen molar-refractivity contribution in [3.05, 3.63) is 58.3 Å². The Hall–Kier alpha value is -2.82. The lowest BCUT2D eigenvalue weighted by Crippen LogP contribution is -2.17. The molecule has 0 amide bonds. The number of carbonyl (C=O) groups is 1. The van der Waals surface area contributed by atoms with E-state index in [1.54, 1.807) is 24.3 Å². The molecule has 0 radical (unpaired) electrons. The summed E-state index contributed by atoms with van der Waals surface area (Å²) in [7, 11) is 3.05. The van der Waals surface area contributed by atoms with Crippen LogP contribution in [0.4, 0.5) is 5.69 Å². The first kappa shape index (κ1) is 17.0. The van der Waals surface area contributed by atoms with Gasteiger partial charge >= 0.3 is 0 Å². The van der Waals surface area contributed by atoms with Crippen LogP contribution in [0.5, 0.6) is 11.5 Å². The number of hydrogen-bond donors (Lipinski definition) is 0. The van der Waals surface area contributed by atoms with Crippen molar-refractivity contribution in [1.29, 1.82) is 0 Å². The molecule has 0 saturated carbocycles. The van der Waals surface area contributed by atoms with Gasteiger partial charge in [0.2, 0.25) is 5.69 Å². The molecule has 0 unspecified atom stereocenters. The van der Waals surface area contributed by atoms with Gasteiger partial charge in [-0.3, -0.25) is 4.79 Å². The molecule has 5 nitrogen and oxygen atoms in total. The number of Topliss-reactive ketones (excluding diaryl/α,β-unsaturated/α-hetero) is 1. The maximum absolute atomic E-state index is 12.9.